The molecule has 1 heterocycles. The lowest BCUT2D eigenvalue weighted by molar-refractivity contribution is -0.139. The van der Waals surface area contributed by atoms with Gasteiger partial charge in [0.2, 0.25) is 0 Å². The summed E-state index contributed by atoms with van der Waals surface area (Å²) in [7, 11) is -3.91. The molecule has 7 nitrogen and oxygen atoms in total. The van der Waals surface area contributed by atoms with Crippen molar-refractivity contribution in [2.24, 2.45) is 0 Å². The van der Waals surface area contributed by atoms with Crippen molar-refractivity contribution in [1.82, 2.24) is 10.6 Å². The molecule has 162 valence electrons. The summed E-state index contributed by atoms with van der Waals surface area (Å²) in [6.45, 7) is 1.28. The van der Waals surface area contributed by atoms with E-state index in [9.17, 15) is 22.4 Å². The number of aryl methyl sites for hydroxylation is 1. The Bertz CT molecular complexity index is 1160. The van der Waals surface area contributed by atoms with Gasteiger partial charge in [0.15, 0.2) is 9.84 Å². The number of hydrogen-bond donors (Lipinski definition) is 2. The maximum atomic E-state index is 13.6. The van der Waals surface area contributed by atoms with Crippen LogP contribution in [0.1, 0.15) is 22.1 Å². The number of carbonyl (C=O) groups excluding carboxylic acids is 2. The molecule has 0 spiro atoms. The van der Waals surface area contributed by atoms with Crippen molar-refractivity contribution < 1.29 is 26.8 Å². The molecule has 1 aromatic heterocycles. The molecule has 0 bridgehead atoms. The van der Waals surface area contributed by atoms with Crippen LogP contribution < -0.4 is 10.6 Å². The number of carbonyl (C=O) groups is 2. The summed E-state index contributed by atoms with van der Waals surface area (Å²) in [6, 6.07) is 15.1. The van der Waals surface area contributed by atoms with Gasteiger partial charge in [-0.05, 0) is 37.3 Å². The van der Waals surface area contributed by atoms with Gasteiger partial charge in [-0.3, -0.25) is 9.59 Å². The van der Waals surface area contributed by atoms with Gasteiger partial charge in [-0.1, -0.05) is 35.9 Å². The number of hydrogen-bond acceptors (Lipinski definition) is 5. The predicted octanol–water partition coefficient (Wildman–Crippen LogP) is 2.67. The van der Waals surface area contributed by atoms with Crippen LogP contribution in [0.15, 0.2) is 76.2 Å². The summed E-state index contributed by atoms with van der Waals surface area (Å²) in [6.07, 6.45) is 1.33. The van der Waals surface area contributed by atoms with Gasteiger partial charge in [0, 0.05) is 18.7 Å². The summed E-state index contributed by atoms with van der Waals surface area (Å²) in [5, 5.41) is 3.41. The smallest absolute Gasteiger partial charge is 0.309 e. The number of halogens is 1. The van der Waals surface area contributed by atoms with E-state index in [2.05, 4.69) is 10.6 Å². The molecule has 0 fully saturated rings. The van der Waals surface area contributed by atoms with Crippen LogP contribution in [0.5, 0.6) is 0 Å². The van der Waals surface area contributed by atoms with Crippen molar-refractivity contribution >= 4 is 21.7 Å². The van der Waals surface area contributed by atoms with E-state index in [0.29, 0.717) is 0 Å². The number of rotatable bonds is 7. The highest BCUT2D eigenvalue weighted by atomic mass is 32.2. The molecule has 0 aliphatic heterocycles. The zero-order chi connectivity index (χ0) is 22.4. The van der Waals surface area contributed by atoms with Gasteiger partial charge >= 0.3 is 11.8 Å². The first-order valence-corrected chi connectivity index (χ1v) is 11.0. The molecule has 2 N–H and O–H groups in total. The summed E-state index contributed by atoms with van der Waals surface area (Å²) < 4.78 is 45.1. The number of nitrogens with one attached hydrogen (secondary N) is 2. The topological polar surface area (TPSA) is 105 Å². The monoisotopic (exact) mass is 444 g/mol. The van der Waals surface area contributed by atoms with E-state index in [1.54, 1.807) is 18.2 Å². The molecule has 0 radical (unpaired) electrons. The van der Waals surface area contributed by atoms with Gasteiger partial charge in [-0.2, -0.15) is 0 Å². The highest BCUT2D eigenvalue weighted by Gasteiger charge is 2.32. The number of amides is 2. The SMILES string of the molecule is Cc1ccc(S(=O)(=O)C(CNC(=O)C(=O)NCc2ccccc2F)c2ccco2)cc1. The zero-order valence-corrected chi connectivity index (χ0v) is 17.5. The third-order valence-corrected chi connectivity index (χ3v) is 6.71. The maximum Gasteiger partial charge on any atom is 0.309 e. The average Bonchev–Trinajstić information content (AvgIpc) is 3.27. The van der Waals surface area contributed by atoms with Gasteiger partial charge in [0.1, 0.15) is 16.8 Å². The molecular formula is C22H21FN2O5S. The maximum absolute atomic E-state index is 13.6. The van der Waals surface area contributed by atoms with Crippen molar-refractivity contribution in [3.63, 3.8) is 0 Å². The molecular weight excluding hydrogens is 423 g/mol. The largest absolute Gasteiger partial charge is 0.468 e. The first-order valence-electron chi connectivity index (χ1n) is 9.42. The van der Waals surface area contributed by atoms with Gasteiger partial charge in [0.05, 0.1) is 11.2 Å². The lowest BCUT2D eigenvalue weighted by atomic mass is 10.2. The van der Waals surface area contributed by atoms with Crippen molar-refractivity contribution in [2.75, 3.05) is 6.54 Å². The molecule has 0 saturated carbocycles. The van der Waals surface area contributed by atoms with E-state index in [0.717, 1.165) is 5.56 Å². The van der Waals surface area contributed by atoms with E-state index >= 15 is 0 Å². The minimum atomic E-state index is -3.91. The van der Waals surface area contributed by atoms with Crippen molar-refractivity contribution in [1.29, 1.82) is 0 Å². The van der Waals surface area contributed by atoms with Crippen LogP contribution >= 0.6 is 0 Å². The first-order chi connectivity index (χ1) is 14.8. The summed E-state index contributed by atoms with van der Waals surface area (Å²) in [5.41, 5.74) is 1.12. The molecule has 1 atom stereocenters. The summed E-state index contributed by atoms with van der Waals surface area (Å²) in [5.74, 6) is -2.42. The Morgan fingerprint density at radius 1 is 0.968 bits per heavy atom. The van der Waals surface area contributed by atoms with Crippen LogP contribution in [0.3, 0.4) is 0 Å². The third-order valence-electron chi connectivity index (χ3n) is 4.64. The highest BCUT2D eigenvalue weighted by Crippen LogP contribution is 2.29. The van der Waals surface area contributed by atoms with Gasteiger partial charge in [-0.15, -0.1) is 0 Å². The van der Waals surface area contributed by atoms with Crippen LogP contribution in [0, 0.1) is 12.7 Å². The fourth-order valence-electron chi connectivity index (χ4n) is 2.89. The van der Waals surface area contributed by atoms with E-state index in [1.807, 2.05) is 6.92 Å². The standard InChI is InChI=1S/C22H21FN2O5S/c1-15-8-10-17(11-9-15)31(28,29)20(19-7-4-12-30-19)14-25-22(27)21(26)24-13-16-5-2-3-6-18(16)23/h2-12,20H,13-14H2,1H3,(H,24,26)(H,25,27). The third kappa shape index (κ3) is 5.37. The Kier molecular flexibility index (Phi) is 6.86. The summed E-state index contributed by atoms with van der Waals surface area (Å²) >= 11 is 0. The second kappa shape index (κ2) is 9.57. The van der Waals surface area contributed by atoms with Gasteiger partial charge in [0.25, 0.3) is 0 Å². The van der Waals surface area contributed by atoms with Crippen LogP contribution in [0.4, 0.5) is 4.39 Å². The molecule has 3 rings (SSSR count). The van der Waals surface area contributed by atoms with Crippen LogP contribution in [-0.2, 0) is 26.0 Å². The van der Waals surface area contributed by atoms with E-state index in [4.69, 9.17) is 4.42 Å². The van der Waals surface area contributed by atoms with E-state index in [1.165, 1.54) is 48.7 Å². The molecule has 1 unspecified atom stereocenters. The molecule has 0 saturated heterocycles. The number of furan rings is 1. The molecule has 0 aliphatic rings. The second-order valence-corrected chi connectivity index (χ2v) is 8.98. The molecule has 2 aromatic carbocycles. The van der Waals surface area contributed by atoms with Crippen molar-refractivity contribution in [2.45, 2.75) is 23.6 Å². The zero-order valence-electron chi connectivity index (χ0n) is 16.7. The fraction of sp³-hybridized carbons (Fsp3) is 0.182. The molecule has 3 aromatic rings. The second-order valence-electron chi connectivity index (χ2n) is 6.85. The Labute approximate surface area is 179 Å². The number of benzene rings is 2. The van der Waals surface area contributed by atoms with Gasteiger partial charge < -0.3 is 15.1 Å². The first kappa shape index (κ1) is 22.2. The fourth-order valence-corrected chi connectivity index (χ4v) is 4.48. The normalized spacial score (nSPS) is 12.2. The Hall–Kier alpha value is -3.46. The van der Waals surface area contributed by atoms with Crippen LogP contribution in [0.25, 0.3) is 0 Å². The minimum Gasteiger partial charge on any atom is -0.468 e. The highest BCUT2D eigenvalue weighted by molar-refractivity contribution is 7.91. The Morgan fingerprint density at radius 3 is 2.29 bits per heavy atom. The van der Waals surface area contributed by atoms with Crippen LogP contribution in [0.2, 0.25) is 0 Å². The van der Waals surface area contributed by atoms with E-state index in [-0.39, 0.29) is 29.3 Å². The van der Waals surface area contributed by atoms with Crippen molar-refractivity contribution in [3.8, 4) is 0 Å². The quantitative estimate of drug-likeness (QED) is 0.545. The van der Waals surface area contributed by atoms with Crippen LogP contribution in [-0.4, -0.2) is 26.8 Å². The Balaban J connectivity index is 1.69. The van der Waals surface area contributed by atoms with E-state index < -0.39 is 32.7 Å². The average molecular weight is 444 g/mol. The number of sulfone groups is 1. The van der Waals surface area contributed by atoms with Gasteiger partial charge in [-0.25, -0.2) is 12.8 Å². The molecule has 0 aliphatic carbocycles. The minimum absolute atomic E-state index is 0.0674. The predicted molar refractivity (Wildman–Crippen MR) is 111 cm³/mol. The molecule has 2 amide bonds. The van der Waals surface area contributed by atoms with Crippen molar-refractivity contribution in [3.05, 3.63) is 89.6 Å². The Morgan fingerprint density at radius 2 is 1.65 bits per heavy atom. The lowest BCUT2D eigenvalue weighted by Gasteiger charge is -2.17. The lowest BCUT2D eigenvalue weighted by Crippen LogP contribution is -2.42. The molecule has 31 heavy (non-hydrogen) atoms. The summed E-state index contributed by atoms with van der Waals surface area (Å²) in [4.78, 5) is 24.3. The molecule has 9 heteroatoms.